The fourth-order valence-corrected chi connectivity index (χ4v) is 5.69. The standard InChI is InChI=1S/C40H39N3O/c1-27(2)33-21-34(28(3)4)23-35(22-33)43-26-38(42-40(43)30-14-6-5-7-15-30)37-20-12-18-29(39(37)44)13-8-9-16-31-24-41-25-32-17-10-11-19-36(31)32/h5-12,14-15,17-28,44H,13,16H2,1-4H3/b9-8-. The topological polar surface area (TPSA) is 50.9 Å². The van der Waals surface area contributed by atoms with E-state index in [1.807, 2.05) is 54.9 Å². The molecule has 0 saturated carbocycles. The molecular formula is C40H39N3O. The summed E-state index contributed by atoms with van der Waals surface area (Å²) in [5.74, 6) is 1.93. The number of fused-ring (bicyclic) bond motifs is 1. The first-order valence-corrected chi connectivity index (χ1v) is 15.5. The maximum Gasteiger partial charge on any atom is 0.145 e. The number of hydrogen-bond acceptors (Lipinski definition) is 3. The Kier molecular flexibility index (Phi) is 8.42. The number of phenols is 1. The van der Waals surface area contributed by atoms with Crippen LogP contribution in [0, 0.1) is 0 Å². The zero-order valence-electron chi connectivity index (χ0n) is 25.9. The van der Waals surface area contributed by atoms with Crippen molar-refractivity contribution in [2.75, 3.05) is 0 Å². The van der Waals surface area contributed by atoms with Gasteiger partial charge < -0.3 is 5.11 Å². The Hall–Kier alpha value is -4.96. The molecule has 4 nitrogen and oxygen atoms in total. The molecule has 0 radical (unpaired) electrons. The molecule has 2 aromatic heterocycles. The Balaban J connectivity index is 1.34. The minimum Gasteiger partial charge on any atom is -0.507 e. The van der Waals surface area contributed by atoms with Gasteiger partial charge in [-0.1, -0.05) is 113 Å². The van der Waals surface area contributed by atoms with Crippen LogP contribution in [0.4, 0.5) is 0 Å². The smallest absolute Gasteiger partial charge is 0.145 e. The third-order valence-electron chi connectivity index (χ3n) is 8.30. The average Bonchev–Trinajstić information content (AvgIpc) is 3.49. The van der Waals surface area contributed by atoms with E-state index in [4.69, 9.17) is 4.98 Å². The Bertz CT molecular complexity index is 1900. The highest BCUT2D eigenvalue weighted by Gasteiger charge is 2.18. The Morgan fingerprint density at radius 2 is 1.41 bits per heavy atom. The number of phenolic OH excluding ortho intramolecular Hbond substituents is 1. The number of nitrogens with zero attached hydrogens (tertiary/aromatic N) is 3. The molecule has 0 aliphatic carbocycles. The second-order valence-corrected chi connectivity index (χ2v) is 12.1. The largest absolute Gasteiger partial charge is 0.507 e. The van der Waals surface area contributed by atoms with Crippen LogP contribution < -0.4 is 0 Å². The number of benzene rings is 4. The third-order valence-corrected chi connectivity index (χ3v) is 8.30. The molecule has 0 saturated heterocycles. The number of para-hydroxylation sites is 1. The molecule has 0 fully saturated rings. The summed E-state index contributed by atoms with van der Waals surface area (Å²) in [5, 5.41) is 13.9. The Labute approximate surface area is 260 Å². The molecule has 0 bridgehead atoms. The average molecular weight is 578 g/mol. The summed E-state index contributed by atoms with van der Waals surface area (Å²) < 4.78 is 2.17. The molecule has 6 aromatic rings. The van der Waals surface area contributed by atoms with Crippen LogP contribution in [0.1, 0.15) is 61.8 Å². The molecule has 0 aliphatic heterocycles. The monoisotopic (exact) mass is 577 g/mol. The molecule has 0 spiro atoms. The highest BCUT2D eigenvalue weighted by atomic mass is 16.3. The van der Waals surface area contributed by atoms with E-state index >= 15 is 0 Å². The van der Waals surface area contributed by atoms with Gasteiger partial charge in [0.25, 0.3) is 0 Å². The number of pyridine rings is 1. The van der Waals surface area contributed by atoms with Gasteiger partial charge in [-0.15, -0.1) is 0 Å². The molecular weight excluding hydrogens is 538 g/mol. The van der Waals surface area contributed by atoms with Gasteiger partial charge in [0.15, 0.2) is 0 Å². The predicted octanol–water partition coefficient (Wildman–Crippen LogP) is 10.0. The van der Waals surface area contributed by atoms with Crippen LogP contribution in [0.25, 0.3) is 39.1 Å². The zero-order valence-corrected chi connectivity index (χ0v) is 25.9. The van der Waals surface area contributed by atoms with Gasteiger partial charge in [-0.2, -0.15) is 0 Å². The number of aromatic hydroxyl groups is 1. The van der Waals surface area contributed by atoms with E-state index in [1.165, 1.54) is 22.1 Å². The minimum atomic E-state index is 0.270. The first kappa shape index (κ1) is 29.1. The van der Waals surface area contributed by atoms with Gasteiger partial charge in [0.2, 0.25) is 0 Å². The van der Waals surface area contributed by atoms with Gasteiger partial charge in [-0.25, -0.2) is 4.98 Å². The highest BCUT2D eigenvalue weighted by Crippen LogP contribution is 2.36. The predicted molar refractivity (Wildman–Crippen MR) is 183 cm³/mol. The van der Waals surface area contributed by atoms with Crippen LogP contribution in [-0.2, 0) is 12.8 Å². The summed E-state index contributed by atoms with van der Waals surface area (Å²) in [4.78, 5) is 9.53. The van der Waals surface area contributed by atoms with Crippen molar-refractivity contribution in [3.63, 3.8) is 0 Å². The lowest BCUT2D eigenvalue weighted by molar-refractivity contribution is 0.471. The van der Waals surface area contributed by atoms with Crippen molar-refractivity contribution in [3.05, 3.63) is 144 Å². The first-order chi connectivity index (χ1) is 21.4. The summed E-state index contributed by atoms with van der Waals surface area (Å²) in [5.41, 5.74) is 8.25. The summed E-state index contributed by atoms with van der Waals surface area (Å²) in [7, 11) is 0. The molecule has 0 aliphatic rings. The first-order valence-electron chi connectivity index (χ1n) is 15.5. The van der Waals surface area contributed by atoms with Crippen LogP contribution in [0.3, 0.4) is 0 Å². The van der Waals surface area contributed by atoms with Gasteiger partial charge in [-0.3, -0.25) is 9.55 Å². The third kappa shape index (κ3) is 6.07. The molecule has 2 heterocycles. The molecule has 6 rings (SSSR count). The molecule has 1 N–H and O–H groups in total. The normalized spacial score (nSPS) is 11.8. The summed E-state index contributed by atoms with van der Waals surface area (Å²) >= 11 is 0. The van der Waals surface area contributed by atoms with E-state index in [0.717, 1.165) is 45.7 Å². The van der Waals surface area contributed by atoms with Crippen molar-refractivity contribution in [1.29, 1.82) is 0 Å². The number of imidazole rings is 1. The van der Waals surface area contributed by atoms with Crippen molar-refractivity contribution < 1.29 is 5.11 Å². The Morgan fingerprint density at radius 3 is 2.14 bits per heavy atom. The van der Waals surface area contributed by atoms with Gasteiger partial charge in [0, 0.05) is 40.8 Å². The van der Waals surface area contributed by atoms with Crippen molar-refractivity contribution in [1.82, 2.24) is 14.5 Å². The van der Waals surface area contributed by atoms with E-state index in [9.17, 15) is 5.11 Å². The van der Waals surface area contributed by atoms with Crippen molar-refractivity contribution in [2.24, 2.45) is 0 Å². The van der Waals surface area contributed by atoms with E-state index < -0.39 is 0 Å². The lowest BCUT2D eigenvalue weighted by Gasteiger charge is -2.16. The molecule has 0 unspecified atom stereocenters. The fraction of sp³-hybridized carbons (Fsp3) is 0.200. The molecule has 0 amide bonds. The van der Waals surface area contributed by atoms with Crippen LogP contribution in [0.5, 0.6) is 5.75 Å². The SMILES string of the molecule is CC(C)c1cc(C(C)C)cc(-n2cc(-c3cccc(C/C=C\Cc4cncc5ccccc45)c3O)nc2-c2ccccc2)c1. The Morgan fingerprint density at radius 1 is 0.727 bits per heavy atom. The van der Waals surface area contributed by atoms with E-state index in [2.05, 4.69) is 104 Å². The van der Waals surface area contributed by atoms with Crippen LogP contribution in [0.2, 0.25) is 0 Å². The zero-order chi connectivity index (χ0) is 30.6. The quantitative estimate of drug-likeness (QED) is 0.174. The second kappa shape index (κ2) is 12.7. The van der Waals surface area contributed by atoms with Crippen molar-refractivity contribution >= 4 is 10.8 Å². The van der Waals surface area contributed by atoms with Gasteiger partial charge in [0.1, 0.15) is 11.6 Å². The lowest BCUT2D eigenvalue weighted by atomic mass is 9.95. The van der Waals surface area contributed by atoms with E-state index in [1.54, 1.807) is 0 Å². The molecule has 220 valence electrons. The number of aromatic nitrogens is 3. The lowest BCUT2D eigenvalue weighted by Crippen LogP contribution is -2.01. The summed E-state index contributed by atoms with van der Waals surface area (Å²) in [6, 6.07) is 31.4. The van der Waals surface area contributed by atoms with E-state index in [-0.39, 0.29) is 5.75 Å². The van der Waals surface area contributed by atoms with Crippen molar-refractivity contribution in [3.8, 4) is 34.1 Å². The van der Waals surface area contributed by atoms with Gasteiger partial charge in [-0.05, 0) is 70.5 Å². The second-order valence-electron chi connectivity index (χ2n) is 12.1. The maximum atomic E-state index is 11.5. The van der Waals surface area contributed by atoms with Crippen LogP contribution in [0.15, 0.2) is 122 Å². The van der Waals surface area contributed by atoms with Gasteiger partial charge in [0.05, 0.1) is 5.69 Å². The highest BCUT2D eigenvalue weighted by molar-refractivity contribution is 5.84. The van der Waals surface area contributed by atoms with Crippen molar-refractivity contribution in [2.45, 2.75) is 52.4 Å². The summed E-state index contributed by atoms with van der Waals surface area (Å²) in [6.07, 6.45) is 11.6. The number of allylic oxidation sites excluding steroid dienone is 2. The van der Waals surface area contributed by atoms with Crippen LogP contribution in [-0.4, -0.2) is 19.6 Å². The van der Waals surface area contributed by atoms with Gasteiger partial charge >= 0.3 is 0 Å². The number of hydrogen-bond donors (Lipinski definition) is 1. The molecule has 4 aromatic carbocycles. The number of rotatable bonds is 9. The molecule has 44 heavy (non-hydrogen) atoms. The fourth-order valence-electron chi connectivity index (χ4n) is 5.69. The molecule has 0 atom stereocenters. The van der Waals surface area contributed by atoms with Crippen LogP contribution >= 0.6 is 0 Å². The summed E-state index contributed by atoms with van der Waals surface area (Å²) in [6.45, 7) is 8.93. The van der Waals surface area contributed by atoms with E-state index in [0.29, 0.717) is 18.3 Å². The minimum absolute atomic E-state index is 0.270. The molecule has 4 heteroatoms. The maximum absolute atomic E-state index is 11.5.